The minimum atomic E-state index is 0.181. The molecule has 0 saturated heterocycles. The minimum Gasteiger partial charge on any atom is -0.395 e. The number of nitrogens with zero attached hydrogens (tertiary/aromatic N) is 3. The summed E-state index contributed by atoms with van der Waals surface area (Å²) in [5.74, 6) is 1.01. The maximum atomic E-state index is 8.43. The molecule has 0 bridgehead atoms. The number of H-pyrrole nitrogens is 1. The molecule has 0 atom stereocenters. The number of allylic oxidation sites excluding steroid dienone is 3. The van der Waals surface area contributed by atoms with Crippen LogP contribution in [0.15, 0.2) is 64.3 Å². The van der Waals surface area contributed by atoms with Crippen molar-refractivity contribution in [1.82, 2.24) is 21.0 Å². The first kappa shape index (κ1) is 22.6. The number of amidine groups is 1. The third-order valence-electron chi connectivity index (χ3n) is 3.92. The first-order chi connectivity index (χ1) is 14.2. The van der Waals surface area contributed by atoms with Gasteiger partial charge in [-0.05, 0) is 43.5 Å². The molecule has 0 radical (unpaired) electrons. The first-order valence-electron chi connectivity index (χ1n) is 9.10. The van der Waals surface area contributed by atoms with Crippen LogP contribution in [0.5, 0.6) is 0 Å². The van der Waals surface area contributed by atoms with Crippen molar-refractivity contribution in [1.29, 1.82) is 5.41 Å². The fourth-order valence-corrected chi connectivity index (χ4v) is 2.96. The molecule has 0 spiro atoms. The topological polar surface area (TPSA) is 112 Å². The molecule has 29 heavy (non-hydrogen) atoms. The van der Waals surface area contributed by atoms with Crippen LogP contribution in [0.4, 0.5) is 5.82 Å². The number of aromatic amines is 1. The van der Waals surface area contributed by atoms with Gasteiger partial charge in [-0.15, -0.1) is 11.8 Å². The van der Waals surface area contributed by atoms with Crippen LogP contribution in [0.25, 0.3) is 5.57 Å². The molecule has 9 heteroatoms. The predicted octanol–water partition coefficient (Wildman–Crippen LogP) is 2.65. The van der Waals surface area contributed by atoms with E-state index in [1.807, 2.05) is 19.1 Å². The van der Waals surface area contributed by atoms with Crippen LogP contribution in [0.2, 0.25) is 0 Å². The lowest BCUT2D eigenvalue weighted by atomic mass is 9.99. The zero-order chi connectivity index (χ0) is 21.1. The highest BCUT2D eigenvalue weighted by Gasteiger charge is 2.24. The summed E-state index contributed by atoms with van der Waals surface area (Å²) in [5.41, 5.74) is 8.19. The smallest absolute Gasteiger partial charge is 0.157 e. The number of rotatable bonds is 7. The van der Waals surface area contributed by atoms with Crippen molar-refractivity contribution in [3.05, 3.63) is 59.8 Å². The van der Waals surface area contributed by atoms with Gasteiger partial charge in [0.15, 0.2) is 11.7 Å². The standard InChI is InChI=1S/C17H17N5S.C3H10N2O/c1-3-4-14(12-5-7-13(23-2)8-6-12)15-11-20-22(17(15)18)16-9-10-19-21-16;1-4-5-2-3-6/h3-11,18H,1-2H3,(H,19,21);4-6H,2-3H2,1H3/b4-3+,15-14+,18-17?;. The summed E-state index contributed by atoms with van der Waals surface area (Å²) in [5, 5.41) is 29.1. The van der Waals surface area contributed by atoms with Gasteiger partial charge in [-0.2, -0.15) is 15.2 Å². The van der Waals surface area contributed by atoms with E-state index >= 15 is 0 Å². The molecule has 0 amide bonds. The molecular weight excluding hydrogens is 386 g/mol. The average molecular weight is 414 g/mol. The van der Waals surface area contributed by atoms with E-state index in [-0.39, 0.29) is 6.61 Å². The van der Waals surface area contributed by atoms with E-state index in [4.69, 9.17) is 10.5 Å². The second kappa shape index (κ2) is 12.0. The average Bonchev–Trinajstić information content (AvgIpc) is 3.41. The minimum absolute atomic E-state index is 0.181. The summed E-state index contributed by atoms with van der Waals surface area (Å²) in [6.45, 7) is 2.76. The van der Waals surface area contributed by atoms with Gasteiger partial charge in [-0.3, -0.25) is 21.4 Å². The quantitative estimate of drug-likeness (QED) is 0.271. The lowest BCUT2D eigenvalue weighted by Gasteiger charge is -2.13. The molecule has 154 valence electrons. The Labute approximate surface area is 175 Å². The highest BCUT2D eigenvalue weighted by Crippen LogP contribution is 2.27. The number of aliphatic hydroxyl groups excluding tert-OH is 1. The van der Waals surface area contributed by atoms with Gasteiger partial charge in [0.25, 0.3) is 0 Å². The van der Waals surface area contributed by atoms with Crippen LogP contribution in [0.3, 0.4) is 0 Å². The molecule has 0 aliphatic carbocycles. The Morgan fingerprint density at radius 3 is 2.59 bits per heavy atom. The maximum Gasteiger partial charge on any atom is 0.157 e. The van der Waals surface area contributed by atoms with Crippen molar-refractivity contribution in [2.24, 2.45) is 5.10 Å². The summed E-state index contributed by atoms with van der Waals surface area (Å²) in [6.07, 6.45) is 9.42. The van der Waals surface area contributed by atoms with Gasteiger partial charge in [0.05, 0.1) is 19.0 Å². The van der Waals surface area contributed by atoms with Gasteiger partial charge < -0.3 is 5.11 Å². The third kappa shape index (κ3) is 6.13. The van der Waals surface area contributed by atoms with Gasteiger partial charge in [0.1, 0.15) is 0 Å². The molecule has 1 aromatic heterocycles. The van der Waals surface area contributed by atoms with Gasteiger partial charge >= 0.3 is 0 Å². The number of hydrazone groups is 1. The SMILES string of the molecule is C/C=C/C(=C1/C=NN(c2ccn[nH]2)C1=N)c1ccc(SC)cc1.CNNCCO. The Hall–Kier alpha value is -2.72. The molecule has 1 aliphatic rings. The summed E-state index contributed by atoms with van der Waals surface area (Å²) in [7, 11) is 1.76. The second-order valence-corrected chi connectivity index (χ2v) is 6.68. The molecule has 3 rings (SSSR count). The Morgan fingerprint density at radius 1 is 1.31 bits per heavy atom. The first-order valence-corrected chi connectivity index (χ1v) is 10.3. The highest BCUT2D eigenvalue weighted by atomic mass is 32.2. The lowest BCUT2D eigenvalue weighted by molar-refractivity contribution is 0.286. The molecule has 0 unspecified atom stereocenters. The van der Waals surface area contributed by atoms with Gasteiger partial charge in [-0.25, -0.2) is 0 Å². The number of nitrogens with one attached hydrogen (secondary N) is 4. The van der Waals surface area contributed by atoms with Crippen molar-refractivity contribution in [2.45, 2.75) is 11.8 Å². The van der Waals surface area contributed by atoms with Gasteiger partial charge in [0.2, 0.25) is 0 Å². The Kier molecular flexibility index (Phi) is 9.32. The molecule has 5 N–H and O–H groups in total. The fourth-order valence-electron chi connectivity index (χ4n) is 2.55. The molecule has 0 fully saturated rings. The van der Waals surface area contributed by atoms with Crippen LogP contribution in [0, 0.1) is 5.41 Å². The van der Waals surface area contributed by atoms with E-state index in [0.717, 1.165) is 16.7 Å². The lowest BCUT2D eigenvalue weighted by Crippen LogP contribution is -2.29. The maximum absolute atomic E-state index is 8.43. The second-order valence-electron chi connectivity index (χ2n) is 5.80. The molecular formula is C20H27N7OS. The molecule has 2 heterocycles. The van der Waals surface area contributed by atoms with E-state index in [9.17, 15) is 0 Å². The number of hydrogen-bond acceptors (Lipinski definition) is 7. The molecule has 2 aromatic rings. The van der Waals surface area contributed by atoms with Crippen LogP contribution >= 0.6 is 11.8 Å². The number of aromatic nitrogens is 2. The Balaban J connectivity index is 0.000000438. The van der Waals surface area contributed by atoms with Crippen LogP contribution < -0.4 is 15.9 Å². The van der Waals surface area contributed by atoms with Crippen LogP contribution in [-0.2, 0) is 0 Å². The number of anilines is 1. The van der Waals surface area contributed by atoms with Crippen molar-refractivity contribution in [3.8, 4) is 0 Å². The third-order valence-corrected chi connectivity index (χ3v) is 4.67. The number of hydrogen-bond donors (Lipinski definition) is 5. The predicted molar refractivity (Wildman–Crippen MR) is 121 cm³/mol. The highest BCUT2D eigenvalue weighted by molar-refractivity contribution is 7.98. The van der Waals surface area contributed by atoms with Crippen molar-refractivity contribution in [2.75, 3.05) is 31.5 Å². The number of benzene rings is 1. The van der Waals surface area contributed by atoms with Gasteiger partial charge in [-0.1, -0.05) is 24.3 Å². The van der Waals surface area contributed by atoms with Crippen molar-refractivity contribution < 1.29 is 5.11 Å². The number of hydrazine groups is 1. The summed E-state index contributed by atoms with van der Waals surface area (Å²) >= 11 is 1.71. The molecule has 8 nitrogen and oxygen atoms in total. The molecule has 0 saturated carbocycles. The summed E-state index contributed by atoms with van der Waals surface area (Å²) in [6, 6.07) is 10.1. The van der Waals surface area contributed by atoms with E-state index < -0.39 is 0 Å². The molecule has 1 aromatic carbocycles. The zero-order valence-corrected chi connectivity index (χ0v) is 17.6. The van der Waals surface area contributed by atoms with Crippen LogP contribution in [-0.4, -0.2) is 53.8 Å². The van der Waals surface area contributed by atoms with E-state index in [2.05, 4.69) is 56.7 Å². The van der Waals surface area contributed by atoms with E-state index in [0.29, 0.717) is 18.2 Å². The van der Waals surface area contributed by atoms with E-state index in [1.165, 1.54) is 4.90 Å². The largest absolute Gasteiger partial charge is 0.395 e. The zero-order valence-electron chi connectivity index (χ0n) is 16.8. The van der Waals surface area contributed by atoms with Gasteiger partial charge in [0, 0.05) is 23.1 Å². The summed E-state index contributed by atoms with van der Waals surface area (Å²) < 4.78 is 0. The fraction of sp³-hybridized carbons (Fsp3) is 0.250. The summed E-state index contributed by atoms with van der Waals surface area (Å²) in [4.78, 5) is 1.22. The van der Waals surface area contributed by atoms with E-state index in [1.54, 1.807) is 42.3 Å². The monoisotopic (exact) mass is 413 g/mol. The number of thioether (sulfide) groups is 1. The normalized spacial score (nSPS) is 15.0. The molecule has 1 aliphatic heterocycles. The Bertz CT molecular complexity index is 853. The number of aliphatic hydroxyl groups is 1. The Morgan fingerprint density at radius 2 is 2.07 bits per heavy atom. The van der Waals surface area contributed by atoms with Crippen molar-refractivity contribution >= 4 is 35.2 Å². The van der Waals surface area contributed by atoms with Crippen molar-refractivity contribution in [3.63, 3.8) is 0 Å². The van der Waals surface area contributed by atoms with Crippen LogP contribution in [0.1, 0.15) is 12.5 Å².